The molecule has 4 nitrogen and oxygen atoms in total. The van der Waals surface area contributed by atoms with Gasteiger partial charge in [-0.05, 0) is 11.6 Å². The second-order valence-corrected chi connectivity index (χ2v) is 3.53. The second kappa shape index (κ2) is 4.89. The summed E-state index contributed by atoms with van der Waals surface area (Å²) in [5, 5.41) is 0. The van der Waals surface area contributed by atoms with Crippen molar-refractivity contribution in [1.82, 2.24) is 9.88 Å². The van der Waals surface area contributed by atoms with Crippen LogP contribution in [0.2, 0.25) is 0 Å². The molecule has 0 aromatic carbocycles. The molecule has 1 saturated heterocycles. The number of aromatic nitrogens is 1. The Morgan fingerprint density at radius 1 is 1.47 bits per heavy atom. The van der Waals surface area contributed by atoms with Crippen molar-refractivity contribution < 1.29 is 9.53 Å². The first-order valence-electron chi connectivity index (χ1n) is 5.11. The van der Waals surface area contributed by atoms with Gasteiger partial charge in [0.15, 0.2) is 0 Å². The molecule has 0 spiro atoms. The molecule has 0 saturated carbocycles. The lowest BCUT2D eigenvalue weighted by Crippen LogP contribution is -2.41. The van der Waals surface area contributed by atoms with Gasteiger partial charge < -0.3 is 9.64 Å². The van der Waals surface area contributed by atoms with Crippen LogP contribution in [0.4, 0.5) is 0 Å². The van der Waals surface area contributed by atoms with Gasteiger partial charge in [0.1, 0.15) is 0 Å². The van der Waals surface area contributed by atoms with E-state index in [1.165, 1.54) is 0 Å². The number of carbonyl (C=O) groups excluding carboxylic acids is 1. The first-order chi connectivity index (χ1) is 7.36. The number of hydrogen-bond donors (Lipinski definition) is 0. The van der Waals surface area contributed by atoms with Gasteiger partial charge in [0.2, 0.25) is 5.91 Å². The van der Waals surface area contributed by atoms with Crippen molar-refractivity contribution in [3.63, 3.8) is 0 Å². The smallest absolute Gasteiger partial charge is 0.227 e. The number of carbonyl (C=O) groups is 1. The number of pyridine rings is 1. The normalized spacial score (nSPS) is 16.4. The van der Waals surface area contributed by atoms with E-state index in [1.807, 2.05) is 17.0 Å². The number of morpholine rings is 1. The van der Waals surface area contributed by atoms with Gasteiger partial charge in [-0.1, -0.05) is 6.07 Å². The van der Waals surface area contributed by atoms with E-state index in [2.05, 4.69) is 4.98 Å². The Labute approximate surface area is 88.9 Å². The summed E-state index contributed by atoms with van der Waals surface area (Å²) in [7, 11) is 0. The van der Waals surface area contributed by atoms with Crippen molar-refractivity contribution in [2.24, 2.45) is 0 Å². The van der Waals surface area contributed by atoms with Gasteiger partial charge in [0.05, 0.1) is 19.6 Å². The molecule has 1 fully saturated rings. The molecule has 1 aliphatic heterocycles. The highest BCUT2D eigenvalue weighted by atomic mass is 16.5. The van der Waals surface area contributed by atoms with E-state index in [0.717, 1.165) is 5.56 Å². The highest BCUT2D eigenvalue weighted by Gasteiger charge is 2.16. The van der Waals surface area contributed by atoms with E-state index in [0.29, 0.717) is 32.7 Å². The molecule has 2 heterocycles. The standard InChI is InChI=1S/C11H14N2O2/c14-11(13-4-6-15-7-5-13)8-10-2-1-3-12-9-10/h1-3,9H,4-8H2. The fraction of sp³-hybridized carbons (Fsp3) is 0.455. The van der Waals surface area contributed by atoms with Crippen LogP contribution in [0.3, 0.4) is 0 Å². The lowest BCUT2D eigenvalue weighted by Gasteiger charge is -2.26. The lowest BCUT2D eigenvalue weighted by atomic mass is 10.2. The highest BCUT2D eigenvalue weighted by Crippen LogP contribution is 2.03. The molecule has 15 heavy (non-hydrogen) atoms. The van der Waals surface area contributed by atoms with Crippen LogP contribution in [-0.2, 0) is 16.0 Å². The van der Waals surface area contributed by atoms with E-state index < -0.39 is 0 Å². The van der Waals surface area contributed by atoms with Crippen LogP contribution in [-0.4, -0.2) is 42.1 Å². The maximum Gasteiger partial charge on any atom is 0.227 e. The molecule has 1 aromatic rings. The summed E-state index contributed by atoms with van der Waals surface area (Å²) in [5.74, 6) is 0.159. The minimum absolute atomic E-state index is 0.159. The quantitative estimate of drug-likeness (QED) is 0.707. The molecule has 4 heteroatoms. The minimum atomic E-state index is 0.159. The Kier molecular flexibility index (Phi) is 3.29. The summed E-state index contributed by atoms with van der Waals surface area (Å²) in [6, 6.07) is 3.77. The van der Waals surface area contributed by atoms with E-state index in [1.54, 1.807) is 12.4 Å². The van der Waals surface area contributed by atoms with Crippen LogP contribution in [0.1, 0.15) is 5.56 Å². The van der Waals surface area contributed by atoms with Crippen molar-refractivity contribution >= 4 is 5.91 Å². The number of nitrogens with zero attached hydrogens (tertiary/aromatic N) is 2. The number of amides is 1. The van der Waals surface area contributed by atoms with E-state index >= 15 is 0 Å². The van der Waals surface area contributed by atoms with Gasteiger partial charge >= 0.3 is 0 Å². The monoisotopic (exact) mass is 206 g/mol. The zero-order valence-electron chi connectivity index (χ0n) is 8.56. The number of hydrogen-bond acceptors (Lipinski definition) is 3. The van der Waals surface area contributed by atoms with Crippen LogP contribution < -0.4 is 0 Å². The van der Waals surface area contributed by atoms with Gasteiger partial charge in [0.25, 0.3) is 0 Å². The molecule has 0 unspecified atom stereocenters. The molecular formula is C11H14N2O2. The Bertz CT molecular complexity index is 321. The van der Waals surface area contributed by atoms with Gasteiger partial charge in [-0.2, -0.15) is 0 Å². The summed E-state index contributed by atoms with van der Waals surface area (Å²) in [5.41, 5.74) is 0.967. The maximum atomic E-state index is 11.8. The van der Waals surface area contributed by atoms with E-state index in [-0.39, 0.29) is 5.91 Å². The summed E-state index contributed by atoms with van der Waals surface area (Å²) >= 11 is 0. The highest BCUT2D eigenvalue weighted by molar-refractivity contribution is 5.78. The van der Waals surface area contributed by atoms with E-state index in [4.69, 9.17) is 4.74 Å². The van der Waals surface area contributed by atoms with Gasteiger partial charge in [-0.15, -0.1) is 0 Å². The summed E-state index contributed by atoms with van der Waals surface area (Å²) in [4.78, 5) is 17.6. The first-order valence-corrected chi connectivity index (χ1v) is 5.11. The number of rotatable bonds is 2. The molecule has 80 valence electrons. The van der Waals surface area contributed by atoms with Crippen LogP contribution in [0.15, 0.2) is 24.5 Å². The molecule has 0 radical (unpaired) electrons. The zero-order valence-corrected chi connectivity index (χ0v) is 8.56. The Morgan fingerprint density at radius 2 is 2.27 bits per heavy atom. The third kappa shape index (κ3) is 2.76. The molecule has 1 amide bonds. The Hall–Kier alpha value is -1.42. The van der Waals surface area contributed by atoms with Crippen LogP contribution in [0, 0.1) is 0 Å². The van der Waals surface area contributed by atoms with Crippen LogP contribution >= 0.6 is 0 Å². The second-order valence-electron chi connectivity index (χ2n) is 3.53. The van der Waals surface area contributed by atoms with Crippen molar-refractivity contribution in [3.8, 4) is 0 Å². The number of ether oxygens (including phenoxy) is 1. The predicted octanol–water partition coefficient (Wildman–Crippen LogP) is 0.483. The average Bonchev–Trinajstić information content (AvgIpc) is 2.31. The van der Waals surface area contributed by atoms with Crippen molar-refractivity contribution in [2.45, 2.75) is 6.42 Å². The van der Waals surface area contributed by atoms with Crippen molar-refractivity contribution in [1.29, 1.82) is 0 Å². The van der Waals surface area contributed by atoms with Crippen molar-refractivity contribution in [3.05, 3.63) is 30.1 Å². The topological polar surface area (TPSA) is 42.4 Å². The lowest BCUT2D eigenvalue weighted by molar-refractivity contribution is -0.134. The molecule has 0 aliphatic carbocycles. The molecule has 0 atom stereocenters. The summed E-state index contributed by atoms with van der Waals surface area (Å²) in [6.07, 6.45) is 3.88. The van der Waals surface area contributed by atoms with Crippen LogP contribution in [0.25, 0.3) is 0 Å². The van der Waals surface area contributed by atoms with Crippen molar-refractivity contribution in [2.75, 3.05) is 26.3 Å². The largest absolute Gasteiger partial charge is 0.378 e. The fourth-order valence-electron chi connectivity index (χ4n) is 1.60. The molecule has 0 N–H and O–H groups in total. The SMILES string of the molecule is O=C(Cc1cccnc1)N1CCOCC1. The third-order valence-electron chi connectivity index (χ3n) is 2.44. The predicted molar refractivity (Wildman–Crippen MR) is 55.3 cm³/mol. The molecule has 1 aromatic heterocycles. The Balaban J connectivity index is 1.91. The molecule has 1 aliphatic rings. The molecular weight excluding hydrogens is 192 g/mol. The maximum absolute atomic E-state index is 11.8. The first kappa shape index (κ1) is 10.1. The van der Waals surface area contributed by atoms with Crippen LogP contribution in [0.5, 0.6) is 0 Å². The minimum Gasteiger partial charge on any atom is -0.378 e. The fourth-order valence-corrected chi connectivity index (χ4v) is 1.60. The van der Waals surface area contributed by atoms with Gasteiger partial charge in [0, 0.05) is 25.5 Å². The third-order valence-corrected chi connectivity index (χ3v) is 2.44. The average molecular weight is 206 g/mol. The Morgan fingerprint density at radius 3 is 2.93 bits per heavy atom. The van der Waals surface area contributed by atoms with E-state index in [9.17, 15) is 4.79 Å². The molecule has 2 rings (SSSR count). The zero-order chi connectivity index (χ0) is 10.5. The molecule has 0 bridgehead atoms. The summed E-state index contributed by atoms with van der Waals surface area (Å²) in [6.45, 7) is 2.72. The van der Waals surface area contributed by atoms with Gasteiger partial charge in [-0.25, -0.2) is 0 Å². The van der Waals surface area contributed by atoms with Gasteiger partial charge in [-0.3, -0.25) is 9.78 Å². The summed E-state index contributed by atoms with van der Waals surface area (Å²) < 4.78 is 5.19.